The molecule has 0 aliphatic carbocycles. The van der Waals surface area contributed by atoms with Crippen molar-refractivity contribution in [2.45, 2.75) is 39.3 Å². The van der Waals surface area contributed by atoms with Crippen molar-refractivity contribution >= 4 is 0 Å². The van der Waals surface area contributed by atoms with Gasteiger partial charge in [0.05, 0.1) is 0 Å². The average molecular weight is 221 g/mol. The molecule has 0 spiro atoms. The Balaban J connectivity index is 2.91. The molecule has 0 saturated carbocycles. The average Bonchev–Trinajstić information content (AvgIpc) is 2.30. The summed E-state index contributed by atoms with van der Waals surface area (Å²) in [6.07, 6.45) is 3.64. The van der Waals surface area contributed by atoms with Crippen LogP contribution < -0.4 is 5.73 Å². The van der Waals surface area contributed by atoms with E-state index >= 15 is 0 Å². The summed E-state index contributed by atoms with van der Waals surface area (Å²) in [6, 6.07) is 3.97. The Morgan fingerprint density at radius 2 is 2.00 bits per heavy atom. The third kappa shape index (κ3) is 2.60. The Kier molecular flexibility index (Phi) is 4.44. The van der Waals surface area contributed by atoms with Gasteiger partial charge in [0.15, 0.2) is 0 Å². The van der Waals surface area contributed by atoms with Crippen LogP contribution in [0.3, 0.4) is 0 Å². The van der Waals surface area contributed by atoms with Crippen molar-refractivity contribution < 1.29 is 0 Å². The van der Waals surface area contributed by atoms with Crippen LogP contribution in [0.5, 0.6) is 0 Å². The van der Waals surface area contributed by atoms with Crippen LogP contribution >= 0.6 is 0 Å². The minimum atomic E-state index is -0.0491. The molecular weight excluding hydrogens is 198 g/mol. The maximum atomic E-state index is 6.34. The lowest BCUT2D eigenvalue weighted by molar-refractivity contribution is 0.107. The molecule has 16 heavy (non-hydrogen) atoms. The summed E-state index contributed by atoms with van der Waals surface area (Å²) in [7, 11) is 0. The molecule has 1 aromatic rings. The summed E-state index contributed by atoms with van der Waals surface area (Å²) < 4.78 is 0. The molecule has 0 fully saturated rings. The molecule has 3 heteroatoms. The highest BCUT2D eigenvalue weighted by molar-refractivity contribution is 5.18. The predicted octanol–water partition coefficient (Wildman–Crippen LogP) is 2.20. The highest BCUT2D eigenvalue weighted by atomic mass is 15.2. The SMILES string of the molecule is CCN(CC)C(C)(C)C(N)c1cccnc1. The van der Waals surface area contributed by atoms with Crippen molar-refractivity contribution in [2.75, 3.05) is 13.1 Å². The third-order valence-corrected chi connectivity index (χ3v) is 3.38. The van der Waals surface area contributed by atoms with Crippen LogP contribution in [0.4, 0.5) is 0 Å². The van der Waals surface area contributed by atoms with Crippen molar-refractivity contribution in [3.05, 3.63) is 30.1 Å². The van der Waals surface area contributed by atoms with Crippen LogP contribution in [0.1, 0.15) is 39.3 Å². The van der Waals surface area contributed by atoms with Gasteiger partial charge in [-0.05, 0) is 38.6 Å². The lowest BCUT2D eigenvalue weighted by Gasteiger charge is -2.41. The second-order valence-corrected chi connectivity index (χ2v) is 4.59. The standard InChI is InChI=1S/C13H23N3/c1-5-16(6-2)13(3,4)12(14)11-8-7-9-15-10-11/h7-10,12H,5-6,14H2,1-4H3. The molecule has 1 atom stereocenters. The van der Waals surface area contributed by atoms with E-state index in [1.165, 1.54) is 0 Å². The van der Waals surface area contributed by atoms with Gasteiger partial charge in [-0.3, -0.25) is 9.88 Å². The summed E-state index contributed by atoms with van der Waals surface area (Å²) in [4.78, 5) is 6.51. The van der Waals surface area contributed by atoms with E-state index in [1.54, 1.807) is 6.20 Å². The van der Waals surface area contributed by atoms with Gasteiger partial charge in [0, 0.05) is 24.0 Å². The molecule has 1 aromatic heterocycles. The quantitative estimate of drug-likeness (QED) is 0.829. The van der Waals surface area contributed by atoms with Gasteiger partial charge in [-0.15, -0.1) is 0 Å². The third-order valence-electron chi connectivity index (χ3n) is 3.38. The van der Waals surface area contributed by atoms with Gasteiger partial charge in [0.1, 0.15) is 0 Å². The van der Waals surface area contributed by atoms with E-state index in [-0.39, 0.29) is 11.6 Å². The fraction of sp³-hybridized carbons (Fsp3) is 0.615. The van der Waals surface area contributed by atoms with Crippen molar-refractivity contribution in [3.8, 4) is 0 Å². The summed E-state index contributed by atoms with van der Waals surface area (Å²) in [5.74, 6) is 0. The fourth-order valence-corrected chi connectivity index (χ4v) is 2.20. The summed E-state index contributed by atoms with van der Waals surface area (Å²) in [5.41, 5.74) is 7.39. The number of nitrogens with zero attached hydrogens (tertiary/aromatic N) is 2. The first kappa shape index (κ1) is 13.1. The first-order valence-electron chi connectivity index (χ1n) is 5.94. The van der Waals surface area contributed by atoms with Crippen molar-refractivity contribution in [3.63, 3.8) is 0 Å². The van der Waals surface area contributed by atoms with E-state index in [9.17, 15) is 0 Å². The van der Waals surface area contributed by atoms with Crippen LogP contribution in [0.25, 0.3) is 0 Å². The normalized spacial score (nSPS) is 14.1. The molecule has 1 unspecified atom stereocenters. The Morgan fingerprint density at radius 3 is 2.44 bits per heavy atom. The van der Waals surface area contributed by atoms with Crippen molar-refractivity contribution in [2.24, 2.45) is 5.73 Å². The van der Waals surface area contributed by atoms with Gasteiger partial charge in [-0.1, -0.05) is 19.9 Å². The molecule has 2 N–H and O–H groups in total. The largest absolute Gasteiger partial charge is 0.322 e. The van der Waals surface area contributed by atoms with Gasteiger partial charge >= 0.3 is 0 Å². The maximum absolute atomic E-state index is 6.34. The Morgan fingerprint density at radius 1 is 1.38 bits per heavy atom. The van der Waals surface area contributed by atoms with Crippen molar-refractivity contribution in [1.82, 2.24) is 9.88 Å². The highest BCUT2D eigenvalue weighted by Crippen LogP contribution is 2.28. The highest BCUT2D eigenvalue weighted by Gasteiger charge is 2.32. The zero-order valence-electron chi connectivity index (χ0n) is 10.8. The molecule has 0 aliphatic rings. The minimum absolute atomic E-state index is 0.0129. The number of nitrogens with two attached hydrogens (primary N) is 1. The minimum Gasteiger partial charge on any atom is -0.322 e. The van der Waals surface area contributed by atoms with E-state index in [1.807, 2.05) is 18.3 Å². The van der Waals surface area contributed by atoms with Gasteiger partial charge in [-0.25, -0.2) is 0 Å². The van der Waals surface area contributed by atoms with E-state index in [4.69, 9.17) is 5.73 Å². The van der Waals surface area contributed by atoms with E-state index < -0.39 is 0 Å². The summed E-state index contributed by atoms with van der Waals surface area (Å²) in [6.45, 7) is 10.7. The zero-order valence-corrected chi connectivity index (χ0v) is 10.8. The number of rotatable bonds is 5. The second kappa shape index (κ2) is 5.41. The molecule has 90 valence electrons. The number of aromatic nitrogens is 1. The number of hydrogen-bond acceptors (Lipinski definition) is 3. The van der Waals surface area contributed by atoms with Crippen LogP contribution in [-0.2, 0) is 0 Å². The molecule has 1 heterocycles. The molecule has 3 nitrogen and oxygen atoms in total. The Bertz CT molecular complexity index is 304. The van der Waals surface area contributed by atoms with E-state index in [0.717, 1.165) is 18.7 Å². The number of hydrogen-bond donors (Lipinski definition) is 1. The van der Waals surface area contributed by atoms with Crippen LogP contribution in [-0.4, -0.2) is 28.5 Å². The summed E-state index contributed by atoms with van der Waals surface area (Å²) >= 11 is 0. The topological polar surface area (TPSA) is 42.1 Å². The van der Waals surface area contributed by atoms with E-state index in [2.05, 4.69) is 37.6 Å². The molecule has 1 rings (SSSR count). The molecular formula is C13H23N3. The van der Waals surface area contributed by atoms with Crippen LogP contribution in [0.2, 0.25) is 0 Å². The first-order chi connectivity index (χ1) is 7.54. The molecule has 0 amide bonds. The lowest BCUT2D eigenvalue weighted by Crippen LogP contribution is -2.51. The van der Waals surface area contributed by atoms with Crippen molar-refractivity contribution in [1.29, 1.82) is 0 Å². The van der Waals surface area contributed by atoms with E-state index in [0.29, 0.717) is 0 Å². The molecule has 0 radical (unpaired) electrons. The van der Waals surface area contributed by atoms with Crippen LogP contribution in [0, 0.1) is 0 Å². The smallest absolute Gasteiger partial charge is 0.0492 e. The molecule has 0 aliphatic heterocycles. The molecule has 0 bridgehead atoms. The number of pyridine rings is 1. The lowest BCUT2D eigenvalue weighted by atomic mass is 9.88. The van der Waals surface area contributed by atoms with Gasteiger partial charge < -0.3 is 5.73 Å². The monoisotopic (exact) mass is 221 g/mol. The Labute approximate surface area is 98.7 Å². The van der Waals surface area contributed by atoms with Gasteiger partial charge in [-0.2, -0.15) is 0 Å². The predicted molar refractivity (Wildman–Crippen MR) is 68.2 cm³/mol. The fourth-order valence-electron chi connectivity index (χ4n) is 2.20. The van der Waals surface area contributed by atoms with Gasteiger partial charge in [0.25, 0.3) is 0 Å². The maximum Gasteiger partial charge on any atom is 0.0492 e. The first-order valence-corrected chi connectivity index (χ1v) is 5.94. The zero-order chi connectivity index (χ0) is 12.2. The Hall–Kier alpha value is -0.930. The summed E-state index contributed by atoms with van der Waals surface area (Å²) in [5, 5.41) is 0. The van der Waals surface area contributed by atoms with Crippen LogP contribution in [0.15, 0.2) is 24.5 Å². The van der Waals surface area contributed by atoms with Gasteiger partial charge in [0.2, 0.25) is 0 Å². The molecule has 0 saturated heterocycles. The number of likely N-dealkylation sites (N-methyl/N-ethyl adjacent to an activating group) is 1. The second-order valence-electron chi connectivity index (χ2n) is 4.59. The molecule has 0 aromatic carbocycles.